The predicted octanol–water partition coefficient (Wildman–Crippen LogP) is 2.48. The highest BCUT2D eigenvalue weighted by molar-refractivity contribution is 6.31. The Morgan fingerprint density at radius 3 is 2.63 bits per heavy atom. The average molecular weight is 432 g/mol. The molecule has 146 valence electrons. The van der Waals surface area contributed by atoms with Crippen molar-refractivity contribution in [2.24, 2.45) is 0 Å². The first kappa shape index (κ1) is 23.2. The van der Waals surface area contributed by atoms with Crippen molar-refractivity contribution in [3.63, 3.8) is 0 Å². The number of hydrogen-bond acceptors (Lipinski definition) is 4. The van der Waals surface area contributed by atoms with Crippen molar-refractivity contribution in [1.29, 1.82) is 0 Å². The van der Waals surface area contributed by atoms with E-state index in [4.69, 9.17) is 11.6 Å². The number of hydrogen-bond donors (Lipinski definition) is 2. The van der Waals surface area contributed by atoms with Crippen molar-refractivity contribution < 1.29 is 9.59 Å². The molecule has 0 radical (unpaired) electrons. The highest BCUT2D eigenvalue weighted by atomic mass is 35.5. The van der Waals surface area contributed by atoms with Crippen LogP contribution in [0.4, 0.5) is 0 Å². The smallest absolute Gasteiger partial charge is 0.270 e. The molecule has 0 spiro atoms. The summed E-state index contributed by atoms with van der Waals surface area (Å²) in [6.07, 6.45) is 1.54. The van der Waals surface area contributed by atoms with Gasteiger partial charge in [-0.3, -0.25) is 14.6 Å². The Balaban J connectivity index is 0.00000182. The van der Waals surface area contributed by atoms with Gasteiger partial charge < -0.3 is 15.5 Å². The van der Waals surface area contributed by atoms with Gasteiger partial charge in [0.15, 0.2) is 0 Å². The van der Waals surface area contributed by atoms with Crippen LogP contribution in [0.1, 0.15) is 22.1 Å². The number of pyridine rings is 1. The molecule has 1 aliphatic rings. The minimum atomic E-state index is -0.363. The molecule has 1 aromatic heterocycles. The van der Waals surface area contributed by atoms with E-state index in [1.807, 2.05) is 24.3 Å². The van der Waals surface area contributed by atoms with Crippen LogP contribution in [0, 0.1) is 0 Å². The van der Waals surface area contributed by atoms with Gasteiger partial charge in [-0.15, -0.1) is 24.8 Å². The summed E-state index contributed by atoms with van der Waals surface area (Å²) in [6, 6.07) is 12.4. The van der Waals surface area contributed by atoms with E-state index in [1.54, 1.807) is 29.3 Å². The molecule has 1 aliphatic heterocycles. The Morgan fingerprint density at radius 2 is 1.93 bits per heavy atom. The van der Waals surface area contributed by atoms with Gasteiger partial charge in [-0.05, 0) is 23.8 Å². The van der Waals surface area contributed by atoms with Gasteiger partial charge in [-0.1, -0.05) is 35.9 Å². The summed E-state index contributed by atoms with van der Waals surface area (Å²) in [5.41, 5.74) is 1.19. The fraction of sp³-hybridized carbons (Fsp3) is 0.278. The Hall–Kier alpha value is -1.86. The van der Waals surface area contributed by atoms with Crippen LogP contribution < -0.4 is 10.6 Å². The van der Waals surface area contributed by atoms with Crippen molar-refractivity contribution in [3.05, 3.63) is 64.9 Å². The molecule has 2 heterocycles. The van der Waals surface area contributed by atoms with Crippen LogP contribution in [-0.2, 0) is 4.79 Å². The van der Waals surface area contributed by atoms with Crippen molar-refractivity contribution in [3.8, 4) is 0 Å². The lowest BCUT2D eigenvalue weighted by Crippen LogP contribution is -2.51. The molecule has 1 atom stereocenters. The molecular formula is C18H21Cl3N4O2. The Bertz CT molecular complexity index is 761. The monoisotopic (exact) mass is 430 g/mol. The molecular weight excluding hydrogens is 411 g/mol. The van der Waals surface area contributed by atoms with E-state index in [0.717, 1.165) is 5.56 Å². The predicted molar refractivity (Wildman–Crippen MR) is 110 cm³/mol. The third-order valence-corrected chi connectivity index (χ3v) is 4.47. The number of nitrogens with zero attached hydrogens (tertiary/aromatic N) is 2. The molecule has 9 heteroatoms. The van der Waals surface area contributed by atoms with E-state index in [-0.39, 0.29) is 49.2 Å². The maximum Gasteiger partial charge on any atom is 0.270 e. The fourth-order valence-corrected chi connectivity index (χ4v) is 3.13. The number of aromatic nitrogens is 1. The summed E-state index contributed by atoms with van der Waals surface area (Å²) >= 11 is 6.29. The molecule has 1 fully saturated rings. The lowest BCUT2D eigenvalue weighted by molar-refractivity contribution is -0.133. The van der Waals surface area contributed by atoms with Crippen LogP contribution >= 0.6 is 36.4 Å². The van der Waals surface area contributed by atoms with Gasteiger partial charge in [0, 0.05) is 30.9 Å². The SMILES string of the molecule is Cl.Cl.O=C(NCC(=O)N1CCNCC1c1ccccc1Cl)c1ccccn1. The third-order valence-electron chi connectivity index (χ3n) is 4.13. The summed E-state index contributed by atoms with van der Waals surface area (Å²) in [5, 5.41) is 6.55. The number of carbonyl (C=O) groups excluding carboxylic acids is 2. The standard InChI is InChI=1S/C18H19ClN4O2.2ClH/c19-14-6-2-1-5-13(14)16-11-20-9-10-23(16)17(24)12-22-18(25)15-7-3-4-8-21-15;;/h1-8,16,20H,9-12H2,(H,22,25);2*1H. The zero-order valence-corrected chi connectivity index (χ0v) is 16.8. The van der Waals surface area contributed by atoms with Crippen LogP contribution in [0.15, 0.2) is 48.7 Å². The molecule has 27 heavy (non-hydrogen) atoms. The molecule has 2 aromatic rings. The first-order valence-electron chi connectivity index (χ1n) is 8.10. The van der Waals surface area contributed by atoms with Gasteiger partial charge in [0.05, 0.1) is 12.6 Å². The second kappa shape index (κ2) is 11.1. The van der Waals surface area contributed by atoms with Crippen LogP contribution in [0.5, 0.6) is 0 Å². The maximum absolute atomic E-state index is 12.6. The Kier molecular flexibility index (Phi) is 9.52. The lowest BCUT2D eigenvalue weighted by Gasteiger charge is -2.37. The van der Waals surface area contributed by atoms with Gasteiger partial charge in [-0.2, -0.15) is 0 Å². The van der Waals surface area contributed by atoms with Crippen LogP contribution in [0.25, 0.3) is 0 Å². The largest absolute Gasteiger partial charge is 0.342 e. The minimum absolute atomic E-state index is 0. The van der Waals surface area contributed by atoms with E-state index < -0.39 is 0 Å². The second-order valence-electron chi connectivity index (χ2n) is 5.73. The molecule has 1 unspecified atom stereocenters. The number of amides is 2. The van der Waals surface area contributed by atoms with Crippen LogP contribution in [0.2, 0.25) is 5.02 Å². The molecule has 0 aliphatic carbocycles. The van der Waals surface area contributed by atoms with Gasteiger partial charge in [0.25, 0.3) is 5.91 Å². The molecule has 2 N–H and O–H groups in total. The highest BCUT2D eigenvalue weighted by Gasteiger charge is 2.29. The zero-order chi connectivity index (χ0) is 17.6. The molecule has 3 rings (SSSR count). The zero-order valence-electron chi connectivity index (χ0n) is 14.4. The van der Waals surface area contributed by atoms with Gasteiger partial charge in [0.2, 0.25) is 5.91 Å². The number of rotatable bonds is 4. The summed E-state index contributed by atoms with van der Waals surface area (Å²) in [6.45, 7) is 1.83. The normalized spacial score (nSPS) is 15.9. The van der Waals surface area contributed by atoms with E-state index in [9.17, 15) is 9.59 Å². The lowest BCUT2D eigenvalue weighted by atomic mass is 10.0. The molecule has 0 saturated carbocycles. The maximum atomic E-state index is 12.6. The fourth-order valence-electron chi connectivity index (χ4n) is 2.87. The van der Waals surface area contributed by atoms with Gasteiger partial charge >= 0.3 is 0 Å². The van der Waals surface area contributed by atoms with E-state index in [2.05, 4.69) is 15.6 Å². The van der Waals surface area contributed by atoms with Crippen molar-refractivity contribution in [2.75, 3.05) is 26.2 Å². The molecule has 6 nitrogen and oxygen atoms in total. The second-order valence-corrected chi connectivity index (χ2v) is 6.13. The highest BCUT2D eigenvalue weighted by Crippen LogP contribution is 2.28. The summed E-state index contributed by atoms with van der Waals surface area (Å²) in [5.74, 6) is -0.505. The number of nitrogens with one attached hydrogen (secondary N) is 2. The Labute approximate surface area is 175 Å². The van der Waals surface area contributed by atoms with E-state index in [1.165, 1.54) is 0 Å². The van der Waals surface area contributed by atoms with Crippen molar-refractivity contribution >= 4 is 48.2 Å². The quantitative estimate of drug-likeness (QED) is 0.780. The first-order chi connectivity index (χ1) is 12.2. The summed E-state index contributed by atoms with van der Waals surface area (Å²) in [4.78, 5) is 30.4. The molecule has 0 bridgehead atoms. The van der Waals surface area contributed by atoms with Crippen LogP contribution in [-0.4, -0.2) is 47.9 Å². The van der Waals surface area contributed by atoms with E-state index >= 15 is 0 Å². The topological polar surface area (TPSA) is 74.3 Å². The number of piperazine rings is 1. The summed E-state index contributed by atoms with van der Waals surface area (Å²) in [7, 11) is 0. The molecule has 2 amide bonds. The summed E-state index contributed by atoms with van der Waals surface area (Å²) < 4.78 is 0. The van der Waals surface area contributed by atoms with Crippen molar-refractivity contribution in [2.45, 2.75) is 6.04 Å². The average Bonchev–Trinajstić information content (AvgIpc) is 2.67. The minimum Gasteiger partial charge on any atom is -0.342 e. The molecule has 1 saturated heterocycles. The number of carbonyl (C=O) groups is 2. The third kappa shape index (κ3) is 5.81. The van der Waals surface area contributed by atoms with E-state index in [0.29, 0.717) is 30.4 Å². The van der Waals surface area contributed by atoms with Gasteiger partial charge in [-0.25, -0.2) is 0 Å². The van der Waals surface area contributed by atoms with Gasteiger partial charge in [0.1, 0.15) is 5.69 Å². The Morgan fingerprint density at radius 1 is 1.19 bits per heavy atom. The number of benzene rings is 1. The van der Waals surface area contributed by atoms with Crippen molar-refractivity contribution in [1.82, 2.24) is 20.5 Å². The first-order valence-corrected chi connectivity index (χ1v) is 8.48. The molecule has 1 aromatic carbocycles. The van der Waals surface area contributed by atoms with Crippen LogP contribution in [0.3, 0.4) is 0 Å². The number of halogens is 3.